The Morgan fingerprint density at radius 2 is 2.35 bits per heavy atom. The molecule has 1 aliphatic heterocycles. The summed E-state index contributed by atoms with van der Waals surface area (Å²) in [6.07, 6.45) is 1.68. The van der Waals surface area contributed by atoms with E-state index < -0.39 is 0 Å². The minimum absolute atomic E-state index is 0. The van der Waals surface area contributed by atoms with E-state index in [2.05, 4.69) is 25.2 Å². The number of methoxy groups -OCH3 is 1. The van der Waals surface area contributed by atoms with Crippen LogP contribution < -0.4 is 10.1 Å². The molecule has 0 spiro atoms. The second-order valence-electron chi connectivity index (χ2n) is 3.50. The molecule has 6 nitrogen and oxygen atoms in total. The fourth-order valence-corrected chi connectivity index (χ4v) is 1.46. The Morgan fingerprint density at radius 1 is 1.53 bits per heavy atom. The van der Waals surface area contributed by atoms with Gasteiger partial charge in [0, 0.05) is 25.9 Å². The molecular formula is C10H16IN5O. The Kier molecular flexibility index (Phi) is 5.39. The van der Waals surface area contributed by atoms with Crippen LogP contribution in [0.5, 0.6) is 5.88 Å². The summed E-state index contributed by atoms with van der Waals surface area (Å²) in [6.45, 7) is 2.36. The van der Waals surface area contributed by atoms with Crippen LogP contribution in [0.3, 0.4) is 0 Å². The van der Waals surface area contributed by atoms with Crippen molar-refractivity contribution in [2.45, 2.75) is 6.54 Å². The number of hydrogen-bond acceptors (Lipinski definition) is 6. The van der Waals surface area contributed by atoms with Crippen molar-refractivity contribution >= 4 is 29.9 Å². The molecule has 0 saturated carbocycles. The number of rotatable bonds is 3. The third-order valence-corrected chi connectivity index (χ3v) is 2.35. The maximum Gasteiger partial charge on any atom is 0.216 e. The van der Waals surface area contributed by atoms with Gasteiger partial charge in [-0.1, -0.05) is 0 Å². The van der Waals surface area contributed by atoms with Gasteiger partial charge < -0.3 is 15.0 Å². The van der Waals surface area contributed by atoms with E-state index in [0.717, 1.165) is 19.0 Å². The van der Waals surface area contributed by atoms with Gasteiger partial charge in [0.2, 0.25) is 5.88 Å². The molecule has 1 aromatic heterocycles. The van der Waals surface area contributed by atoms with Crippen LogP contribution >= 0.6 is 24.0 Å². The number of likely N-dealkylation sites (N-methyl/N-ethyl adjacent to an activating group) is 1. The summed E-state index contributed by atoms with van der Waals surface area (Å²) in [7, 11) is 3.60. The van der Waals surface area contributed by atoms with Gasteiger partial charge in [-0.25, -0.2) is 4.98 Å². The molecule has 0 fully saturated rings. The van der Waals surface area contributed by atoms with Crippen molar-refractivity contribution in [2.24, 2.45) is 4.99 Å². The van der Waals surface area contributed by atoms with Gasteiger partial charge in [-0.3, -0.25) is 4.99 Å². The van der Waals surface area contributed by atoms with E-state index in [-0.39, 0.29) is 24.0 Å². The van der Waals surface area contributed by atoms with Crippen molar-refractivity contribution < 1.29 is 4.74 Å². The first-order valence-electron chi connectivity index (χ1n) is 5.15. The fraction of sp³-hybridized carbons (Fsp3) is 0.500. The molecule has 2 heterocycles. The van der Waals surface area contributed by atoms with Crippen molar-refractivity contribution in [3.05, 3.63) is 18.1 Å². The maximum atomic E-state index is 5.03. The molecule has 94 valence electrons. The molecule has 0 aliphatic carbocycles. The summed E-state index contributed by atoms with van der Waals surface area (Å²) in [4.78, 5) is 14.7. The molecule has 0 aromatic carbocycles. The van der Waals surface area contributed by atoms with E-state index in [9.17, 15) is 0 Å². The average Bonchev–Trinajstić information content (AvgIpc) is 2.72. The summed E-state index contributed by atoms with van der Waals surface area (Å²) < 4.78 is 5.03. The second-order valence-corrected chi connectivity index (χ2v) is 3.50. The molecule has 0 amide bonds. The Morgan fingerprint density at radius 3 is 3.00 bits per heavy atom. The number of aromatic nitrogens is 2. The number of nitrogens with zero attached hydrogens (tertiary/aromatic N) is 4. The Labute approximate surface area is 118 Å². The van der Waals surface area contributed by atoms with Crippen molar-refractivity contribution in [3.8, 4) is 5.88 Å². The second kappa shape index (κ2) is 6.58. The number of hydrogen-bond donors (Lipinski definition) is 1. The molecule has 0 radical (unpaired) electrons. The summed E-state index contributed by atoms with van der Waals surface area (Å²) in [5, 5.41) is 3.19. The fourth-order valence-electron chi connectivity index (χ4n) is 1.46. The molecule has 1 N–H and O–H groups in total. The normalized spacial score (nSPS) is 14.0. The lowest BCUT2D eigenvalue weighted by Crippen LogP contribution is -2.35. The minimum Gasteiger partial charge on any atom is -0.481 e. The number of aliphatic imine (C=N–C) groups is 1. The molecule has 0 bridgehead atoms. The molecule has 7 heteroatoms. The van der Waals surface area contributed by atoms with Crippen molar-refractivity contribution in [3.63, 3.8) is 0 Å². The van der Waals surface area contributed by atoms with Gasteiger partial charge in [-0.05, 0) is 0 Å². The zero-order valence-corrected chi connectivity index (χ0v) is 12.2. The average molecular weight is 349 g/mol. The van der Waals surface area contributed by atoms with Gasteiger partial charge >= 0.3 is 0 Å². The molecule has 1 aromatic rings. The number of halogens is 1. The lowest BCUT2D eigenvalue weighted by Gasteiger charge is -2.14. The van der Waals surface area contributed by atoms with Gasteiger partial charge in [-0.15, -0.1) is 24.0 Å². The zero-order valence-electron chi connectivity index (χ0n) is 9.88. The van der Waals surface area contributed by atoms with E-state index in [1.54, 1.807) is 19.4 Å². The highest BCUT2D eigenvalue weighted by atomic mass is 127. The molecule has 17 heavy (non-hydrogen) atoms. The topological polar surface area (TPSA) is 62.6 Å². The molecule has 0 saturated heterocycles. The molecule has 0 unspecified atom stereocenters. The number of ether oxygens (including phenoxy) is 1. The molecule has 1 aliphatic rings. The van der Waals surface area contributed by atoms with E-state index in [4.69, 9.17) is 4.74 Å². The third-order valence-electron chi connectivity index (χ3n) is 2.35. The van der Waals surface area contributed by atoms with Crippen LogP contribution in [0.2, 0.25) is 0 Å². The predicted molar refractivity (Wildman–Crippen MR) is 75.8 cm³/mol. The van der Waals surface area contributed by atoms with Gasteiger partial charge in [0.1, 0.15) is 0 Å². The van der Waals surface area contributed by atoms with Crippen LogP contribution in [-0.2, 0) is 6.54 Å². The van der Waals surface area contributed by atoms with Gasteiger partial charge in [0.05, 0.1) is 20.2 Å². The zero-order chi connectivity index (χ0) is 11.4. The lowest BCUT2D eigenvalue weighted by atomic mass is 10.5. The molecule has 0 atom stereocenters. The highest BCUT2D eigenvalue weighted by molar-refractivity contribution is 14.0. The standard InChI is InChI=1S/C10H15N5O.HI/c1-15-6-5-12-10(15)13-7-8-11-4-3-9(14-8)16-2;/h3-4H,5-7H2,1-2H3,(H,12,13);1H. The lowest BCUT2D eigenvalue weighted by molar-refractivity contribution is 0.394. The Bertz CT molecular complexity index is 398. The monoisotopic (exact) mass is 349 g/mol. The van der Waals surface area contributed by atoms with E-state index >= 15 is 0 Å². The van der Waals surface area contributed by atoms with Crippen LogP contribution in [-0.4, -0.2) is 48.1 Å². The number of guanidine groups is 1. The first-order chi connectivity index (χ1) is 7.79. The number of nitrogens with one attached hydrogen (secondary N) is 1. The van der Waals surface area contributed by atoms with E-state index in [0.29, 0.717) is 18.2 Å². The summed E-state index contributed by atoms with van der Waals surface area (Å²) in [5.74, 6) is 2.17. The van der Waals surface area contributed by atoms with Crippen LogP contribution in [0, 0.1) is 0 Å². The van der Waals surface area contributed by atoms with Gasteiger partial charge in [-0.2, -0.15) is 4.98 Å². The maximum absolute atomic E-state index is 5.03. The highest BCUT2D eigenvalue weighted by Gasteiger charge is 2.11. The first-order valence-corrected chi connectivity index (χ1v) is 5.15. The SMILES string of the molecule is COc1ccnc(CNC2=NCCN2C)n1.I. The Balaban J connectivity index is 0.00000144. The predicted octanol–water partition coefficient (Wildman–Crippen LogP) is 0.494. The largest absolute Gasteiger partial charge is 0.481 e. The van der Waals surface area contributed by atoms with E-state index in [1.165, 1.54) is 0 Å². The van der Waals surface area contributed by atoms with E-state index in [1.807, 2.05) is 7.05 Å². The quantitative estimate of drug-likeness (QED) is 0.805. The summed E-state index contributed by atoms with van der Waals surface area (Å²) in [6, 6.07) is 1.72. The highest BCUT2D eigenvalue weighted by Crippen LogP contribution is 2.03. The third kappa shape index (κ3) is 3.69. The van der Waals surface area contributed by atoms with Crippen LogP contribution in [0.4, 0.5) is 0 Å². The van der Waals surface area contributed by atoms with Crippen LogP contribution in [0.15, 0.2) is 17.3 Å². The van der Waals surface area contributed by atoms with Crippen molar-refractivity contribution in [2.75, 3.05) is 27.2 Å². The molecule has 2 rings (SSSR count). The summed E-state index contributed by atoms with van der Waals surface area (Å²) >= 11 is 0. The molecular weight excluding hydrogens is 333 g/mol. The minimum atomic E-state index is 0. The van der Waals surface area contributed by atoms with Crippen molar-refractivity contribution in [1.82, 2.24) is 20.2 Å². The van der Waals surface area contributed by atoms with Crippen LogP contribution in [0.1, 0.15) is 5.82 Å². The van der Waals surface area contributed by atoms with Gasteiger partial charge in [0.15, 0.2) is 11.8 Å². The van der Waals surface area contributed by atoms with Crippen LogP contribution in [0.25, 0.3) is 0 Å². The smallest absolute Gasteiger partial charge is 0.216 e. The summed E-state index contributed by atoms with van der Waals surface area (Å²) in [5.41, 5.74) is 0. The van der Waals surface area contributed by atoms with Crippen molar-refractivity contribution in [1.29, 1.82) is 0 Å². The first kappa shape index (κ1) is 13.9. The van der Waals surface area contributed by atoms with Gasteiger partial charge in [0.25, 0.3) is 0 Å². The Hall–Kier alpha value is -1.12.